The first-order chi connectivity index (χ1) is 7.76. The Morgan fingerprint density at radius 3 is 2.62 bits per heavy atom. The molecule has 0 aromatic rings. The van der Waals surface area contributed by atoms with E-state index in [-0.39, 0.29) is 6.10 Å². The summed E-state index contributed by atoms with van der Waals surface area (Å²) in [5, 5.41) is 3.27. The molecule has 0 saturated carbocycles. The van der Waals surface area contributed by atoms with E-state index < -0.39 is 8.80 Å². The van der Waals surface area contributed by atoms with Gasteiger partial charge in [-0.3, -0.25) is 0 Å². The van der Waals surface area contributed by atoms with Gasteiger partial charge in [-0.25, -0.2) is 0 Å². The third-order valence-electron chi connectivity index (χ3n) is 2.67. The highest BCUT2D eigenvalue weighted by Crippen LogP contribution is 2.16. The standard InChI is InChI=1S/C10H23NO4Si/c1-4-7-16(12-2,13-3)15-9-10-8-11-5-6-14-10/h10-11H,4-9H2,1-3H3. The van der Waals surface area contributed by atoms with Crippen LogP contribution in [-0.4, -0.2) is 55.4 Å². The molecule has 0 bridgehead atoms. The van der Waals surface area contributed by atoms with Crippen LogP contribution in [0.2, 0.25) is 6.04 Å². The largest absolute Gasteiger partial charge is 0.500 e. The second kappa shape index (κ2) is 7.36. The van der Waals surface area contributed by atoms with E-state index in [0.29, 0.717) is 6.61 Å². The predicted octanol–water partition coefficient (Wildman–Crippen LogP) is 0.633. The summed E-state index contributed by atoms with van der Waals surface area (Å²) < 4.78 is 22.3. The molecule has 1 heterocycles. The van der Waals surface area contributed by atoms with Gasteiger partial charge in [0, 0.05) is 33.4 Å². The molecule has 0 amide bonds. The average Bonchev–Trinajstić information content (AvgIpc) is 2.36. The number of rotatable bonds is 7. The minimum absolute atomic E-state index is 0.114. The summed E-state index contributed by atoms with van der Waals surface area (Å²) in [4.78, 5) is 0. The van der Waals surface area contributed by atoms with Crippen molar-refractivity contribution in [2.75, 3.05) is 40.5 Å². The van der Waals surface area contributed by atoms with Crippen LogP contribution in [-0.2, 0) is 18.0 Å². The van der Waals surface area contributed by atoms with Gasteiger partial charge in [0.2, 0.25) is 0 Å². The Morgan fingerprint density at radius 2 is 2.12 bits per heavy atom. The van der Waals surface area contributed by atoms with Gasteiger partial charge in [0.15, 0.2) is 0 Å². The molecule has 6 heteroatoms. The molecule has 5 nitrogen and oxygen atoms in total. The maximum Gasteiger partial charge on any atom is 0.500 e. The first kappa shape index (κ1) is 14.1. The molecule has 0 aromatic carbocycles. The van der Waals surface area contributed by atoms with Crippen LogP contribution in [0.4, 0.5) is 0 Å². The molecule has 96 valence electrons. The quantitative estimate of drug-likeness (QED) is 0.671. The van der Waals surface area contributed by atoms with Crippen LogP contribution in [0.15, 0.2) is 0 Å². The molecular weight excluding hydrogens is 226 g/mol. The second-order valence-corrected chi connectivity index (χ2v) is 6.82. The first-order valence-corrected chi connectivity index (χ1v) is 7.76. The van der Waals surface area contributed by atoms with E-state index >= 15 is 0 Å². The fraction of sp³-hybridized carbons (Fsp3) is 1.00. The van der Waals surface area contributed by atoms with Crippen molar-refractivity contribution in [2.24, 2.45) is 0 Å². The van der Waals surface area contributed by atoms with Crippen LogP contribution in [0.1, 0.15) is 13.3 Å². The van der Waals surface area contributed by atoms with E-state index in [0.717, 1.165) is 32.2 Å². The molecule has 16 heavy (non-hydrogen) atoms. The molecule has 1 aliphatic rings. The lowest BCUT2D eigenvalue weighted by Gasteiger charge is -2.30. The van der Waals surface area contributed by atoms with Crippen LogP contribution in [0.3, 0.4) is 0 Å². The minimum atomic E-state index is -2.44. The predicted molar refractivity (Wildman–Crippen MR) is 63.4 cm³/mol. The summed E-state index contributed by atoms with van der Waals surface area (Å²) in [6, 6.07) is 0.847. The summed E-state index contributed by atoms with van der Waals surface area (Å²) in [7, 11) is 0.881. The molecule has 1 unspecified atom stereocenters. The van der Waals surface area contributed by atoms with E-state index in [4.69, 9.17) is 18.0 Å². The lowest BCUT2D eigenvalue weighted by Crippen LogP contribution is -2.48. The third-order valence-corrected chi connectivity index (χ3v) is 5.63. The lowest BCUT2D eigenvalue weighted by atomic mass is 10.3. The zero-order chi connectivity index (χ0) is 11.9. The van der Waals surface area contributed by atoms with Gasteiger partial charge in [-0.2, -0.15) is 0 Å². The molecule has 1 fully saturated rings. The van der Waals surface area contributed by atoms with Gasteiger partial charge in [0.05, 0.1) is 19.3 Å². The van der Waals surface area contributed by atoms with E-state index in [1.54, 1.807) is 14.2 Å². The normalized spacial score (nSPS) is 22.3. The van der Waals surface area contributed by atoms with Gasteiger partial charge in [0.1, 0.15) is 0 Å². The minimum Gasteiger partial charge on any atom is -0.377 e. The van der Waals surface area contributed by atoms with Crippen LogP contribution >= 0.6 is 0 Å². The summed E-state index contributed by atoms with van der Waals surface area (Å²) in [5.74, 6) is 0. The van der Waals surface area contributed by atoms with Gasteiger partial charge in [-0.05, 0) is 0 Å². The molecule has 1 saturated heterocycles. The zero-order valence-electron chi connectivity index (χ0n) is 10.5. The van der Waals surface area contributed by atoms with Crippen molar-refractivity contribution < 1.29 is 18.0 Å². The summed E-state index contributed by atoms with van der Waals surface area (Å²) >= 11 is 0. The second-order valence-electron chi connectivity index (χ2n) is 3.85. The summed E-state index contributed by atoms with van der Waals surface area (Å²) in [6.45, 7) is 5.14. The maximum absolute atomic E-state index is 5.84. The fourth-order valence-corrected chi connectivity index (χ4v) is 3.74. The van der Waals surface area contributed by atoms with Gasteiger partial charge >= 0.3 is 8.80 Å². The SMILES string of the molecule is CCC[Si](OC)(OC)OCC1CNCCO1. The van der Waals surface area contributed by atoms with Crippen LogP contribution in [0.5, 0.6) is 0 Å². The van der Waals surface area contributed by atoms with Crippen molar-refractivity contribution in [1.29, 1.82) is 0 Å². The molecule has 0 aromatic heterocycles. The highest BCUT2D eigenvalue weighted by atomic mass is 28.4. The Morgan fingerprint density at radius 1 is 1.38 bits per heavy atom. The maximum atomic E-state index is 5.84. The van der Waals surface area contributed by atoms with Crippen molar-refractivity contribution in [1.82, 2.24) is 5.32 Å². The Balaban J connectivity index is 2.35. The Kier molecular flexibility index (Phi) is 6.48. The number of nitrogens with one attached hydrogen (secondary N) is 1. The highest BCUT2D eigenvalue weighted by molar-refractivity contribution is 6.60. The zero-order valence-corrected chi connectivity index (χ0v) is 11.5. The average molecular weight is 249 g/mol. The van der Waals surface area contributed by atoms with E-state index in [9.17, 15) is 0 Å². The fourth-order valence-electron chi connectivity index (χ4n) is 1.73. The van der Waals surface area contributed by atoms with Crippen LogP contribution in [0, 0.1) is 0 Å². The van der Waals surface area contributed by atoms with E-state index in [2.05, 4.69) is 12.2 Å². The van der Waals surface area contributed by atoms with E-state index in [1.807, 2.05) is 0 Å². The molecule has 0 aliphatic carbocycles. The van der Waals surface area contributed by atoms with Gasteiger partial charge in [-0.1, -0.05) is 13.3 Å². The van der Waals surface area contributed by atoms with Crippen molar-refractivity contribution in [2.45, 2.75) is 25.5 Å². The molecule has 1 aliphatic heterocycles. The van der Waals surface area contributed by atoms with Crippen molar-refractivity contribution in [3.8, 4) is 0 Å². The lowest BCUT2D eigenvalue weighted by molar-refractivity contribution is -0.0213. The van der Waals surface area contributed by atoms with Gasteiger partial charge in [-0.15, -0.1) is 0 Å². The molecule has 0 radical (unpaired) electrons. The number of hydrogen-bond acceptors (Lipinski definition) is 5. The van der Waals surface area contributed by atoms with Crippen molar-refractivity contribution in [3.63, 3.8) is 0 Å². The molecule has 0 spiro atoms. The van der Waals surface area contributed by atoms with E-state index in [1.165, 1.54) is 0 Å². The number of hydrogen-bond donors (Lipinski definition) is 1. The van der Waals surface area contributed by atoms with Crippen LogP contribution in [0.25, 0.3) is 0 Å². The Labute approximate surface area is 98.8 Å². The third kappa shape index (κ3) is 4.12. The number of ether oxygens (including phenoxy) is 1. The molecular formula is C10H23NO4Si. The van der Waals surface area contributed by atoms with Crippen molar-refractivity contribution in [3.05, 3.63) is 0 Å². The summed E-state index contributed by atoms with van der Waals surface area (Å²) in [5.41, 5.74) is 0. The smallest absolute Gasteiger partial charge is 0.377 e. The molecule has 1 N–H and O–H groups in total. The molecule has 1 atom stereocenters. The Bertz CT molecular complexity index is 184. The topological polar surface area (TPSA) is 49.0 Å². The van der Waals surface area contributed by atoms with Gasteiger partial charge in [0.25, 0.3) is 0 Å². The highest BCUT2D eigenvalue weighted by Gasteiger charge is 2.38. The first-order valence-electron chi connectivity index (χ1n) is 5.83. The van der Waals surface area contributed by atoms with Crippen molar-refractivity contribution >= 4 is 8.80 Å². The van der Waals surface area contributed by atoms with Gasteiger partial charge < -0.3 is 23.3 Å². The summed E-state index contributed by atoms with van der Waals surface area (Å²) in [6.07, 6.45) is 1.11. The number of morpholine rings is 1. The van der Waals surface area contributed by atoms with Crippen LogP contribution < -0.4 is 5.32 Å². The molecule has 1 rings (SSSR count). The monoisotopic (exact) mass is 249 g/mol. The Hall–Kier alpha value is 0.0169.